The first kappa shape index (κ1) is 14.9. The van der Waals surface area contributed by atoms with E-state index in [1.54, 1.807) is 6.08 Å². The van der Waals surface area contributed by atoms with Crippen molar-refractivity contribution in [3.63, 3.8) is 0 Å². The van der Waals surface area contributed by atoms with Crippen LogP contribution in [0.3, 0.4) is 0 Å². The number of rotatable bonds is 8. The molecule has 0 amide bonds. The van der Waals surface area contributed by atoms with Gasteiger partial charge >= 0.3 is 5.97 Å². The third-order valence-corrected chi connectivity index (χ3v) is 2.21. The number of ether oxygens (including phenoxy) is 1. The van der Waals surface area contributed by atoms with Gasteiger partial charge < -0.3 is 4.74 Å². The van der Waals surface area contributed by atoms with Gasteiger partial charge in [-0.25, -0.2) is 0 Å². The Morgan fingerprint density at radius 1 is 1.19 bits per heavy atom. The molecule has 1 atom stereocenters. The fourth-order valence-corrected chi connectivity index (χ4v) is 1.42. The summed E-state index contributed by atoms with van der Waals surface area (Å²) in [5, 5.41) is 0. The molecule has 0 aliphatic carbocycles. The highest BCUT2D eigenvalue weighted by Gasteiger charge is 2.07. The van der Waals surface area contributed by atoms with Gasteiger partial charge in [0.1, 0.15) is 6.10 Å². The summed E-state index contributed by atoms with van der Waals surface area (Å²) in [7, 11) is 0. The Morgan fingerprint density at radius 3 is 2.38 bits per heavy atom. The van der Waals surface area contributed by atoms with Gasteiger partial charge in [0, 0.05) is 6.92 Å². The molecule has 0 aliphatic heterocycles. The van der Waals surface area contributed by atoms with Crippen LogP contribution in [0.1, 0.15) is 52.9 Å². The van der Waals surface area contributed by atoms with Crippen LogP contribution < -0.4 is 0 Å². The lowest BCUT2D eigenvalue weighted by Crippen LogP contribution is -2.14. The average Bonchev–Trinajstić information content (AvgIpc) is 2.19. The van der Waals surface area contributed by atoms with Crippen LogP contribution in [0.2, 0.25) is 0 Å². The van der Waals surface area contributed by atoms with E-state index in [9.17, 15) is 9.59 Å². The zero-order chi connectivity index (χ0) is 12.4. The van der Waals surface area contributed by atoms with Gasteiger partial charge in [-0.05, 0) is 31.9 Å². The van der Waals surface area contributed by atoms with E-state index in [0.717, 1.165) is 19.3 Å². The number of hydrogen-bond acceptors (Lipinski definition) is 3. The van der Waals surface area contributed by atoms with E-state index in [1.807, 2.05) is 0 Å². The van der Waals surface area contributed by atoms with Crippen molar-refractivity contribution in [2.24, 2.45) is 0 Å². The van der Waals surface area contributed by atoms with Crippen molar-refractivity contribution in [2.75, 3.05) is 0 Å². The molecule has 16 heavy (non-hydrogen) atoms. The predicted octanol–water partition coefficient (Wildman–Crippen LogP) is 3.03. The fourth-order valence-electron chi connectivity index (χ4n) is 1.42. The van der Waals surface area contributed by atoms with Crippen LogP contribution in [0.25, 0.3) is 0 Å². The molecule has 3 nitrogen and oxygen atoms in total. The molecule has 0 saturated carbocycles. The summed E-state index contributed by atoms with van der Waals surface area (Å²) in [6.45, 7) is 5.03. The summed E-state index contributed by atoms with van der Waals surface area (Å²) in [5.74, 6) is -0.320. The molecule has 1 unspecified atom stereocenters. The summed E-state index contributed by atoms with van der Waals surface area (Å²) < 4.78 is 5.10. The van der Waals surface area contributed by atoms with E-state index in [1.165, 1.54) is 32.8 Å². The van der Waals surface area contributed by atoms with Crippen molar-refractivity contribution >= 4 is 11.8 Å². The monoisotopic (exact) mass is 226 g/mol. The van der Waals surface area contributed by atoms with Gasteiger partial charge in [0.05, 0.1) is 0 Å². The van der Waals surface area contributed by atoms with Crippen LogP contribution in [-0.2, 0) is 14.3 Å². The lowest BCUT2D eigenvalue weighted by molar-refractivity contribution is -0.144. The predicted molar refractivity (Wildman–Crippen MR) is 64.1 cm³/mol. The zero-order valence-corrected chi connectivity index (χ0v) is 10.5. The van der Waals surface area contributed by atoms with Gasteiger partial charge in [0.2, 0.25) is 0 Å². The van der Waals surface area contributed by atoms with Crippen molar-refractivity contribution in [1.82, 2.24) is 0 Å². The number of allylic oxidation sites excluding steroid dienone is 1. The van der Waals surface area contributed by atoms with Crippen LogP contribution in [0.5, 0.6) is 0 Å². The van der Waals surface area contributed by atoms with Crippen molar-refractivity contribution in [2.45, 2.75) is 59.0 Å². The number of ketones is 1. The quantitative estimate of drug-likeness (QED) is 0.363. The molecular weight excluding hydrogens is 204 g/mol. The van der Waals surface area contributed by atoms with Crippen molar-refractivity contribution in [3.8, 4) is 0 Å². The summed E-state index contributed by atoms with van der Waals surface area (Å²) in [5.41, 5.74) is 0. The van der Waals surface area contributed by atoms with E-state index >= 15 is 0 Å². The molecule has 0 aromatic rings. The summed E-state index contributed by atoms with van der Waals surface area (Å²) >= 11 is 0. The minimum absolute atomic E-state index is 0.0225. The third kappa shape index (κ3) is 9.44. The van der Waals surface area contributed by atoms with Gasteiger partial charge in [-0.3, -0.25) is 9.59 Å². The Hall–Kier alpha value is -1.12. The van der Waals surface area contributed by atoms with Crippen molar-refractivity contribution < 1.29 is 14.3 Å². The van der Waals surface area contributed by atoms with Gasteiger partial charge in [-0.1, -0.05) is 26.2 Å². The van der Waals surface area contributed by atoms with Crippen LogP contribution in [0, 0.1) is 0 Å². The lowest BCUT2D eigenvalue weighted by atomic mass is 10.1. The number of carbonyl (C=O) groups excluding carboxylic acids is 2. The molecule has 0 aromatic carbocycles. The van der Waals surface area contributed by atoms with Crippen LogP contribution >= 0.6 is 0 Å². The second kappa shape index (κ2) is 9.13. The van der Waals surface area contributed by atoms with Gasteiger partial charge in [-0.15, -0.1) is 0 Å². The van der Waals surface area contributed by atoms with Crippen LogP contribution in [0.15, 0.2) is 12.2 Å². The summed E-state index contributed by atoms with van der Waals surface area (Å²) in [6.07, 6.45) is 8.23. The van der Waals surface area contributed by atoms with E-state index in [0.29, 0.717) is 0 Å². The summed E-state index contributed by atoms with van der Waals surface area (Å²) in [6, 6.07) is 0. The molecule has 0 bridgehead atoms. The number of unbranched alkanes of at least 4 members (excludes halogenated alkanes) is 3. The highest BCUT2D eigenvalue weighted by Crippen LogP contribution is 2.09. The molecule has 0 aliphatic rings. The molecule has 92 valence electrons. The highest BCUT2D eigenvalue weighted by molar-refractivity contribution is 5.87. The molecule has 0 saturated heterocycles. The first-order valence-electron chi connectivity index (χ1n) is 5.92. The van der Waals surface area contributed by atoms with Crippen LogP contribution in [-0.4, -0.2) is 17.9 Å². The molecule has 0 aromatic heterocycles. The Kier molecular flexibility index (Phi) is 8.49. The highest BCUT2D eigenvalue weighted by atomic mass is 16.5. The van der Waals surface area contributed by atoms with Gasteiger partial charge in [0.25, 0.3) is 0 Å². The minimum atomic E-state index is -0.298. The Balaban J connectivity index is 4.00. The Morgan fingerprint density at radius 2 is 1.88 bits per heavy atom. The van der Waals surface area contributed by atoms with Gasteiger partial charge in [-0.2, -0.15) is 0 Å². The molecule has 0 radical (unpaired) electrons. The van der Waals surface area contributed by atoms with Gasteiger partial charge in [0.15, 0.2) is 5.78 Å². The normalized spacial score (nSPS) is 12.7. The van der Waals surface area contributed by atoms with E-state index in [2.05, 4.69) is 6.92 Å². The third-order valence-electron chi connectivity index (χ3n) is 2.21. The molecule has 0 fully saturated rings. The van der Waals surface area contributed by atoms with Crippen molar-refractivity contribution in [1.29, 1.82) is 0 Å². The average molecular weight is 226 g/mol. The molecule has 0 rings (SSSR count). The maximum absolute atomic E-state index is 10.8. The maximum atomic E-state index is 10.8. The molecule has 0 N–H and O–H groups in total. The second-order valence-electron chi connectivity index (χ2n) is 3.97. The van der Waals surface area contributed by atoms with Crippen LogP contribution in [0.4, 0.5) is 0 Å². The molecule has 3 heteroatoms. The Labute approximate surface area is 97.9 Å². The zero-order valence-electron chi connectivity index (χ0n) is 10.5. The number of carbonyl (C=O) groups is 2. The smallest absolute Gasteiger partial charge is 0.303 e. The topological polar surface area (TPSA) is 43.4 Å². The minimum Gasteiger partial charge on any atom is -0.458 e. The lowest BCUT2D eigenvalue weighted by Gasteiger charge is -2.12. The SMILES string of the molecule is CCCCCCC(C=CC(C)=O)OC(C)=O. The maximum Gasteiger partial charge on any atom is 0.303 e. The van der Waals surface area contributed by atoms with E-state index in [-0.39, 0.29) is 17.9 Å². The molecular formula is C13H22O3. The second-order valence-corrected chi connectivity index (χ2v) is 3.97. The first-order valence-corrected chi connectivity index (χ1v) is 5.92. The van der Waals surface area contributed by atoms with E-state index in [4.69, 9.17) is 4.74 Å². The molecule has 0 spiro atoms. The number of esters is 1. The Bertz CT molecular complexity index is 244. The fraction of sp³-hybridized carbons (Fsp3) is 0.692. The first-order chi connectivity index (χ1) is 7.56. The standard InChI is InChI=1S/C13H22O3/c1-4-5-6-7-8-13(16-12(3)15)10-9-11(2)14/h9-10,13H,4-8H2,1-3H3. The van der Waals surface area contributed by atoms with Crippen molar-refractivity contribution in [3.05, 3.63) is 12.2 Å². The molecule has 0 heterocycles. The van der Waals surface area contributed by atoms with E-state index < -0.39 is 0 Å². The number of hydrogen-bond donors (Lipinski definition) is 0. The summed E-state index contributed by atoms with van der Waals surface area (Å²) in [4.78, 5) is 21.6. The largest absolute Gasteiger partial charge is 0.458 e.